The normalized spacial score (nSPS) is 18.0. The van der Waals surface area contributed by atoms with E-state index in [0.29, 0.717) is 39.0 Å². The molecule has 3 aromatic carbocycles. The summed E-state index contributed by atoms with van der Waals surface area (Å²) in [6, 6.07) is 30.3. The van der Waals surface area contributed by atoms with E-state index in [1.54, 1.807) is 0 Å². The standard InChI is InChI=1S/C35H43N3O3/c39-33(36-26-31(28-15-7-2-8-16-28)29-17-9-3-10-18-29)32(25-27-13-5-1-6-14-27)38-35(21-23-41-24-22-35)34(40)37-30-19-11-4-12-20-30/h1-3,5-10,13-18,30-32,38H,4,11-12,19-26H2,(H,36,39)(H,37,40)/t32-/m0/s1. The highest BCUT2D eigenvalue weighted by atomic mass is 16.5. The van der Waals surface area contributed by atoms with Crippen molar-refractivity contribution in [2.24, 2.45) is 0 Å². The van der Waals surface area contributed by atoms with Crippen LogP contribution in [-0.2, 0) is 20.7 Å². The van der Waals surface area contributed by atoms with Crippen LogP contribution in [0.4, 0.5) is 0 Å². The maximum Gasteiger partial charge on any atom is 0.240 e. The van der Waals surface area contributed by atoms with Crippen molar-refractivity contribution in [3.63, 3.8) is 0 Å². The molecule has 1 saturated carbocycles. The van der Waals surface area contributed by atoms with Crippen molar-refractivity contribution < 1.29 is 14.3 Å². The van der Waals surface area contributed by atoms with Crippen LogP contribution in [0, 0.1) is 0 Å². The van der Waals surface area contributed by atoms with Gasteiger partial charge in [0.1, 0.15) is 5.54 Å². The zero-order chi connectivity index (χ0) is 28.3. The molecule has 2 fully saturated rings. The van der Waals surface area contributed by atoms with Gasteiger partial charge in [-0.1, -0.05) is 110 Å². The summed E-state index contributed by atoms with van der Waals surface area (Å²) in [5.74, 6) is -0.0718. The molecule has 0 aromatic heterocycles. The zero-order valence-electron chi connectivity index (χ0n) is 23.9. The lowest BCUT2D eigenvalue weighted by Crippen LogP contribution is -2.66. The van der Waals surface area contributed by atoms with Crippen molar-refractivity contribution in [3.05, 3.63) is 108 Å². The van der Waals surface area contributed by atoms with Crippen molar-refractivity contribution in [1.29, 1.82) is 0 Å². The van der Waals surface area contributed by atoms with Gasteiger partial charge in [-0.2, -0.15) is 0 Å². The van der Waals surface area contributed by atoms with Gasteiger partial charge in [0.2, 0.25) is 11.8 Å². The Bertz CT molecular complexity index is 1180. The van der Waals surface area contributed by atoms with Gasteiger partial charge in [-0.05, 0) is 48.8 Å². The Morgan fingerprint density at radius 3 is 1.93 bits per heavy atom. The van der Waals surface area contributed by atoms with Gasteiger partial charge >= 0.3 is 0 Å². The summed E-state index contributed by atoms with van der Waals surface area (Å²) in [5, 5.41) is 10.2. The van der Waals surface area contributed by atoms with Crippen molar-refractivity contribution in [3.8, 4) is 0 Å². The molecule has 6 nitrogen and oxygen atoms in total. The number of ether oxygens (including phenoxy) is 1. The van der Waals surface area contributed by atoms with Gasteiger partial charge in [0, 0.05) is 31.7 Å². The molecule has 2 amide bonds. The van der Waals surface area contributed by atoms with Crippen LogP contribution in [0.15, 0.2) is 91.0 Å². The van der Waals surface area contributed by atoms with Crippen molar-refractivity contribution in [2.45, 2.75) is 74.9 Å². The van der Waals surface area contributed by atoms with Crippen LogP contribution in [0.25, 0.3) is 0 Å². The molecule has 2 aliphatic rings. The summed E-state index contributed by atoms with van der Waals surface area (Å²) < 4.78 is 5.68. The highest BCUT2D eigenvalue weighted by molar-refractivity contribution is 5.89. The third kappa shape index (κ3) is 7.84. The fourth-order valence-electron chi connectivity index (χ4n) is 6.24. The lowest BCUT2D eigenvalue weighted by Gasteiger charge is -2.40. The minimum absolute atomic E-state index is 0.00464. The average Bonchev–Trinajstić information content (AvgIpc) is 3.03. The van der Waals surface area contributed by atoms with Gasteiger partial charge in [-0.15, -0.1) is 0 Å². The van der Waals surface area contributed by atoms with Gasteiger partial charge < -0.3 is 15.4 Å². The molecule has 5 rings (SSSR count). The summed E-state index contributed by atoms with van der Waals surface area (Å²) >= 11 is 0. The molecule has 1 atom stereocenters. The summed E-state index contributed by atoms with van der Waals surface area (Å²) in [6.45, 7) is 1.45. The number of amides is 2. The summed E-state index contributed by atoms with van der Waals surface area (Å²) in [4.78, 5) is 27.9. The topological polar surface area (TPSA) is 79.5 Å². The van der Waals surface area contributed by atoms with E-state index in [0.717, 1.165) is 42.4 Å². The Morgan fingerprint density at radius 2 is 1.34 bits per heavy atom. The van der Waals surface area contributed by atoms with Crippen LogP contribution in [0.2, 0.25) is 0 Å². The van der Waals surface area contributed by atoms with E-state index < -0.39 is 11.6 Å². The molecule has 216 valence electrons. The average molecular weight is 554 g/mol. The minimum Gasteiger partial charge on any atom is -0.381 e. The highest BCUT2D eigenvalue weighted by Crippen LogP contribution is 2.26. The van der Waals surface area contributed by atoms with Gasteiger partial charge in [0.25, 0.3) is 0 Å². The number of hydrogen-bond acceptors (Lipinski definition) is 4. The van der Waals surface area contributed by atoms with Crippen LogP contribution >= 0.6 is 0 Å². The monoisotopic (exact) mass is 553 g/mol. The molecule has 1 aliphatic heterocycles. The second-order valence-corrected chi connectivity index (χ2v) is 11.5. The number of rotatable bonds is 11. The van der Waals surface area contributed by atoms with Crippen LogP contribution < -0.4 is 16.0 Å². The fraction of sp³-hybridized carbons (Fsp3) is 0.429. The molecule has 3 aromatic rings. The van der Waals surface area contributed by atoms with Crippen LogP contribution in [0.3, 0.4) is 0 Å². The Morgan fingerprint density at radius 1 is 0.780 bits per heavy atom. The van der Waals surface area contributed by atoms with Crippen molar-refractivity contribution in [2.75, 3.05) is 19.8 Å². The number of hydrogen-bond donors (Lipinski definition) is 3. The fourth-order valence-corrected chi connectivity index (χ4v) is 6.24. The smallest absolute Gasteiger partial charge is 0.240 e. The Balaban J connectivity index is 1.36. The third-order valence-corrected chi connectivity index (χ3v) is 8.66. The van der Waals surface area contributed by atoms with Gasteiger partial charge in [-0.25, -0.2) is 0 Å². The minimum atomic E-state index is -0.843. The third-order valence-electron chi connectivity index (χ3n) is 8.66. The first-order valence-corrected chi connectivity index (χ1v) is 15.2. The summed E-state index contributed by atoms with van der Waals surface area (Å²) in [5.41, 5.74) is 2.52. The molecule has 0 spiro atoms. The first kappa shape index (κ1) is 29.0. The predicted octanol–water partition coefficient (Wildman–Crippen LogP) is 5.13. The maximum absolute atomic E-state index is 14.0. The maximum atomic E-state index is 14.0. The molecule has 6 heteroatoms. The second-order valence-electron chi connectivity index (χ2n) is 11.5. The molecule has 41 heavy (non-hydrogen) atoms. The molecule has 0 bridgehead atoms. The van der Waals surface area contributed by atoms with Gasteiger partial charge in [0.15, 0.2) is 0 Å². The van der Waals surface area contributed by atoms with E-state index in [2.05, 4.69) is 40.2 Å². The zero-order valence-corrected chi connectivity index (χ0v) is 23.9. The van der Waals surface area contributed by atoms with Crippen molar-refractivity contribution in [1.82, 2.24) is 16.0 Å². The van der Waals surface area contributed by atoms with Gasteiger partial charge in [0.05, 0.1) is 6.04 Å². The Hall–Kier alpha value is -3.48. The van der Waals surface area contributed by atoms with E-state index in [1.165, 1.54) is 6.42 Å². The van der Waals surface area contributed by atoms with E-state index in [9.17, 15) is 9.59 Å². The van der Waals surface area contributed by atoms with Gasteiger partial charge in [-0.3, -0.25) is 14.9 Å². The van der Waals surface area contributed by atoms with Crippen LogP contribution in [0.5, 0.6) is 0 Å². The lowest BCUT2D eigenvalue weighted by molar-refractivity contribution is -0.134. The number of carbonyl (C=O) groups excluding carboxylic acids is 2. The second kappa shape index (κ2) is 14.4. The lowest BCUT2D eigenvalue weighted by atomic mass is 9.85. The van der Waals surface area contributed by atoms with E-state index >= 15 is 0 Å². The predicted molar refractivity (Wildman–Crippen MR) is 163 cm³/mol. The number of carbonyl (C=O) groups is 2. The number of nitrogens with one attached hydrogen (secondary N) is 3. The summed E-state index contributed by atoms with van der Waals surface area (Å²) in [7, 11) is 0. The molecule has 1 heterocycles. The van der Waals surface area contributed by atoms with Crippen LogP contribution in [0.1, 0.15) is 67.6 Å². The molecule has 0 unspecified atom stereocenters. The number of benzene rings is 3. The SMILES string of the molecule is O=C(NCC(c1ccccc1)c1ccccc1)[C@H](Cc1ccccc1)NC1(C(=O)NC2CCCCC2)CCOCC1. The van der Waals surface area contributed by atoms with E-state index in [-0.39, 0.29) is 23.8 Å². The van der Waals surface area contributed by atoms with Crippen molar-refractivity contribution >= 4 is 11.8 Å². The molecule has 3 N–H and O–H groups in total. The van der Waals surface area contributed by atoms with Crippen LogP contribution in [-0.4, -0.2) is 49.2 Å². The Kier molecular flexibility index (Phi) is 10.2. The quantitative estimate of drug-likeness (QED) is 0.308. The van der Waals surface area contributed by atoms with E-state index in [4.69, 9.17) is 4.74 Å². The highest BCUT2D eigenvalue weighted by Gasteiger charge is 2.43. The van der Waals surface area contributed by atoms with E-state index in [1.807, 2.05) is 66.7 Å². The molecular formula is C35H43N3O3. The molecule has 0 radical (unpaired) electrons. The first-order chi connectivity index (χ1) is 20.1. The Labute approximate surface area is 244 Å². The first-order valence-electron chi connectivity index (χ1n) is 15.2. The molecular weight excluding hydrogens is 510 g/mol. The largest absolute Gasteiger partial charge is 0.381 e. The molecule has 1 saturated heterocycles. The summed E-state index contributed by atoms with van der Waals surface area (Å²) in [6.07, 6.45) is 7.15. The molecule has 1 aliphatic carbocycles.